The Morgan fingerprint density at radius 3 is 2.45 bits per heavy atom. The van der Waals surface area contributed by atoms with Crippen LogP contribution in [0.2, 0.25) is 0 Å². The van der Waals surface area contributed by atoms with E-state index in [0.29, 0.717) is 0 Å². The summed E-state index contributed by atoms with van der Waals surface area (Å²) in [6.45, 7) is 3.02. The Balaban J connectivity index is 2.33. The third-order valence-corrected chi connectivity index (χ3v) is 3.73. The minimum Gasteiger partial charge on any atom is -0.304 e. The van der Waals surface area contributed by atoms with Crippen LogP contribution in [0.1, 0.15) is 37.4 Å². The van der Waals surface area contributed by atoms with Crippen LogP contribution in [0.25, 0.3) is 11.1 Å². The summed E-state index contributed by atoms with van der Waals surface area (Å²) in [5.74, 6) is -0.196. The Labute approximate surface area is 133 Å². The number of nitrogens with zero attached hydrogens (tertiary/aromatic N) is 2. The fourth-order valence-corrected chi connectivity index (χ4v) is 2.60. The third-order valence-electron chi connectivity index (χ3n) is 3.73. The topological polar surface area (TPSA) is 16.1 Å². The van der Waals surface area contributed by atoms with Crippen LogP contribution in [0.5, 0.6) is 0 Å². The third kappa shape index (κ3) is 4.63. The van der Waals surface area contributed by atoms with Crippen molar-refractivity contribution in [2.75, 3.05) is 14.1 Å². The maximum Gasteiger partial charge on any atom is 0.123 e. The van der Waals surface area contributed by atoms with Gasteiger partial charge in [-0.05, 0) is 61.8 Å². The highest BCUT2D eigenvalue weighted by Crippen LogP contribution is 2.26. The molecule has 2 rings (SSSR count). The number of aryl methyl sites for hydroxylation is 1. The molecule has 0 spiro atoms. The predicted octanol–water partition coefficient (Wildman–Crippen LogP) is 4.68. The highest BCUT2D eigenvalue weighted by atomic mass is 19.1. The molecule has 0 aliphatic carbocycles. The van der Waals surface area contributed by atoms with Crippen LogP contribution in [-0.2, 0) is 13.0 Å². The molecule has 0 unspecified atom stereocenters. The molecule has 0 atom stereocenters. The molecule has 0 fully saturated rings. The number of pyridine rings is 1. The van der Waals surface area contributed by atoms with Gasteiger partial charge in [0, 0.05) is 12.7 Å². The molecule has 3 heteroatoms. The van der Waals surface area contributed by atoms with Crippen molar-refractivity contribution >= 4 is 0 Å². The van der Waals surface area contributed by atoms with Crippen molar-refractivity contribution in [3.8, 4) is 11.1 Å². The lowest BCUT2D eigenvalue weighted by molar-refractivity contribution is 0.397. The molecular weight excluding hydrogens is 275 g/mol. The summed E-state index contributed by atoms with van der Waals surface area (Å²) in [6.07, 6.45) is 6.61. The molecule has 1 aromatic heterocycles. The van der Waals surface area contributed by atoms with Gasteiger partial charge in [-0.1, -0.05) is 31.9 Å². The van der Waals surface area contributed by atoms with Gasteiger partial charge in [-0.3, -0.25) is 4.98 Å². The summed E-state index contributed by atoms with van der Waals surface area (Å²) in [7, 11) is 4.07. The number of rotatable bonds is 7. The van der Waals surface area contributed by atoms with Crippen molar-refractivity contribution in [2.45, 2.75) is 39.2 Å². The van der Waals surface area contributed by atoms with E-state index in [1.165, 1.54) is 42.5 Å². The lowest BCUT2D eigenvalue weighted by Crippen LogP contribution is -2.12. The summed E-state index contributed by atoms with van der Waals surface area (Å²) in [5.41, 5.74) is 4.55. The first-order chi connectivity index (χ1) is 10.6. The summed E-state index contributed by atoms with van der Waals surface area (Å²) in [5, 5.41) is 0. The maximum atomic E-state index is 13.2. The minimum absolute atomic E-state index is 0.196. The molecule has 1 heterocycles. The standard InChI is InChI=1S/C19H25FN2/c1-4-5-6-7-16-13-21-18(14-22(2)3)12-19(16)15-8-10-17(20)11-9-15/h8-13H,4-7,14H2,1-3H3. The average Bonchev–Trinajstić information content (AvgIpc) is 2.49. The number of aromatic nitrogens is 1. The molecule has 0 N–H and O–H groups in total. The van der Waals surface area contributed by atoms with Crippen molar-refractivity contribution in [1.82, 2.24) is 9.88 Å². The van der Waals surface area contributed by atoms with Crippen LogP contribution < -0.4 is 0 Å². The molecule has 118 valence electrons. The lowest BCUT2D eigenvalue weighted by atomic mass is 9.97. The molecule has 22 heavy (non-hydrogen) atoms. The van der Waals surface area contributed by atoms with Crippen LogP contribution in [0.15, 0.2) is 36.5 Å². The SMILES string of the molecule is CCCCCc1cnc(CN(C)C)cc1-c1ccc(F)cc1. The van der Waals surface area contributed by atoms with E-state index in [-0.39, 0.29) is 5.82 Å². The van der Waals surface area contributed by atoms with E-state index in [2.05, 4.69) is 22.9 Å². The first-order valence-electron chi connectivity index (χ1n) is 7.98. The van der Waals surface area contributed by atoms with Crippen LogP contribution in [0, 0.1) is 5.82 Å². The van der Waals surface area contributed by atoms with Crippen molar-refractivity contribution in [3.05, 3.63) is 53.6 Å². The second-order valence-corrected chi connectivity index (χ2v) is 6.03. The second kappa shape index (κ2) is 8.04. The van der Waals surface area contributed by atoms with E-state index in [1.54, 1.807) is 0 Å². The van der Waals surface area contributed by atoms with Crippen LogP contribution in [0.3, 0.4) is 0 Å². The number of hydrogen-bond acceptors (Lipinski definition) is 2. The van der Waals surface area contributed by atoms with Gasteiger partial charge in [0.1, 0.15) is 5.82 Å². The predicted molar refractivity (Wildman–Crippen MR) is 90.3 cm³/mol. The normalized spacial score (nSPS) is 11.1. The summed E-state index contributed by atoms with van der Waals surface area (Å²) in [4.78, 5) is 6.69. The summed E-state index contributed by atoms with van der Waals surface area (Å²) in [6, 6.07) is 8.91. The van der Waals surface area contributed by atoms with Crippen LogP contribution in [0.4, 0.5) is 4.39 Å². The average molecular weight is 300 g/mol. The van der Waals surface area contributed by atoms with Crippen molar-refractivity contribution in [1.29, 1.82) is 0 Å². The fourth-order valence-electron chi connectivity index (χ4n) is 2.60. The van der Waals surface area contributed by atoms with E-state index in [0.717, 1.165) is 24.2 Å². The number of hydrogen-bond donors (Lipinski definition) is 0. The fraction of sp³-hybridized carbons (Fsp3) is 0.421. The zero-order chi connectivity index (χ0) is 15.9. The molecule has 0 amide bonds. The van der Waals surface area contributed by atoms with E-state index >= 15 is 0 Å². The monoisotopic (exact) mass is 300 g/mol. The quantitative estimate of drug-likeness (QED) is 0.690. The van der Waals surface area contributed by atoms with Gasteiger partial charge in [0.25, 0.3) is 0 Å². The highest BCUT2D eigenvalue weighted by molar-refractivity contribution is 5.67. The number of benzene rings is 1. The molecule has 2 nitrogen and oxygen atoms in total. The first kappa shape index (κ1) is 16.6. The molecule has 0 aliphatic rings. The Hall–Kier alpha value is -1.74. The largest absolute Gasteiger partial charge is 0.304 e. The molecule has 0 bridgehead atoms. The zero-order valence-electron chi connectivity index (χ0n) is 13.8. The van der Waals surface area contributed by atoms with E-state index in [1.807, 2.05) is 32.4 Å². The van der Waals surface area contributed by atoms with Gasteiger partial charge in [0.05, 0.1) is 5.69 Å². The molecule has 1 aromatic carbocycles. The summed E-state index contributed by atoms with van der Waals surface area (Å²) < 4.78 is 13.2. The first-order valence-corrected chi connectivity index (χ1v) is 7.98. The van der Waals surface area contributed by atoms with Gasteiger partial charge in [-0.25, -0.2) is 4.39 Å². The lowest BCUT2D eigenvalue weighted by Gasteiger charge is -2.14. The van der Waals surface area contributed by atoms with Gasteiger partial charge >= 0.3 is 0 Å². The van der Waals surface area contributed by atoms with Crippen molar-refractivity contribution < 1.29 is 4.39 Å². The number of unbranched alkanes of at least 4 members (excludes halogenated alkanes) is 2. The van der Waals surface area contributed by atoms with Gasteiger partial charge < -0.3 is 4.90 Å². The maximum absolute atomic E-state index is 13.2. The van der Waals surface area contributed by atoms with Gasteiger partial charge in [-0.2, -0.15) is 0 Å². The molecule has 0 saturated heterocycles. The minimum atomic E-state index is -0.196. The van der Waals surface area contributed by atoms with E-state index in [9.17, 15) is 4.39 Å². The molecule has 2 aromatic rings. The summed E-state index contributed by atoms with van der Waals surface area (Å²) >= 11 is 0. The second-order valence-electron chi connectivity index (χ2n) is 6.03. The van der Waals surface area contributed by atoms with Gasteiger partial charge in [-0.15, -0.1) is 0 Å². The number of halogens is 1. The van der Waals surface area contributed by atoms with Crippen LogP contribution >= 0.6 is 0 Å². The Bertz CT molecular complexity index is 591. The Morgan fingerprint density at radius 1 is 1.09 bits per heavy atom. The zero-order valence-corrected chi connectivity index (χ0v) is 13.8. The molecule has 0 aliphatic heterocycles. The van der Waals surface area contributed by atoms with Crippen LogP contribution in [-0.4, -0.2) is 24.0 Å². The van der Waals surface area contributed by atoms with E-state index in [4.69, 9.17) is 0 Å². The van der Waals surface area contributed by atoms with Gasteiger partial charge in [0.2, 0.25) is 0 Å². The highest BCUT2D eigenvalue weighted by Gasteiger charge is 2.09. The smallest absolute Gasteiger partial charge is 0.123 e. The van der Waals surface area contributed by atoms with Crippen molar-refractivity contribution in [3.63, 3.8) is 0 Å². The Morgan fingerprint density at radius 2 is 1.82 bits per heavy atom. The van der Waals surface area contributed by atoms with Crippen molar-refractivity contribution in [2.24, 2.45) is 0 Å². The van der Waals surface area contributed by atoms with Gasteiger partial charge in [0.15, 0.2) is 0 Å². The molecular formula is C19H25FN2. The Kier molecular flexibility index (Phi) is 6.08. The molecule has 0 saturated carbocycles. The molecule has 0 radical (unpaired) electrons. The van der Waals surface area contributed by atoms with E-state index < -0.39 is 0 Å².